The number of benzene rings is 1. The number of aromatic nitrogens is 2. The molecule has 9 heteroatoms. The molecule has 1 aromatic heterocycles. The SMILES string of the molecule is Oc1cc(C(F)(F)F)ccc1-c1nnc(NC2CCCC[C@H]2O)c2c1CC1(CC1)OC2. The first-order chi connectivity index (χ1) is 14.8. The van der Waals surface area contributed by atoms with Crippen molar-refractivity contribution in [3.63, 3.8) is 0 Å². The lowest BCUT2D eigenvalue weighted by atomic mass is 9.91. The van der Waals surface area contributed by atoms with Crippen molar-refractivity contribution < 1.29 is 28.1 Å². The summed E-state index contributed by atoms with van der Waals surface area (Å²) >= 11 is 0. The molecule has 0 amide bonds. The molecule has 1 aromatic carbocycles. The second kappa shape index (κ2) is 7.34. The highest BCUT2D eigenvalue weighted by molar-refractivity contribution is 5.73. The summed E-state index contributed by atoms with van der Waals surface area (Å²) in [5, 5.41) is 32.6. The Morgan fingerprint density at radius 3 is 2.55 bits per heavy atom. The van der Waals surface area contributed by atoms with Gasteiger partial charge < -0.3 is 20.3 Å². The number of aromatic hydroxyl groups is 1. The zero-order valence-corrected chi connectivity index (χ0v) is 16.9. The second-order valence-electron chi connectivity index (χ2n) is 8.84. The predicted molar refractivity (Wildman–Crippen MR) is 106 cm³/mol. The number of aliphatic hydroxyl groups is 1. The van der Waals surface area contributed by atoms with Crippen LogP contribution >= 0.6 is 0 Å². The first-order valence-corrected chi connectivity index (χ1v) is 10.6. The van der Waals surface area contributed by atoms with Crippen molar-refractivity contribution in [3.8, 4) is 17.0 Å². The summed E-state index contributed by atoms with van der Waals surface area (Å²) in [7, 11) is 0. The number of nitrogens with one attached hydrogen (secondary N) is 1. The van der Waals surface area contributed by atoms with E-state index in [2.05, 4.69) is 15.5 Å². The van der Waals surface area contributed by atoms with Gasteiger partial charge in [-0.25, -0.2) is 0 Å². The highest BCUT2D eigenvalue weighted by atomic mass is 19.4. The van der Waals surface area contributed by atoms with Crippen LogP contribution in [0.1, 0.15) is 55.2 Å². The standard InChI is InChI=1S/C22H24F3N3O3/c23-22(24,25)12-5-6-13(18(30)9-12)19-14-10-21(7-8-21)31-11-15(14)20(28-27-19)26-16-3-1-2-4-17(16)29/h5-6,9,16-17,29-30H,1-4,7-8,10-11H2,(H,26,28)/t16?,17-/m1/s1. The quantitative estimate of drug-likeness (QED) is 0.670. The summed E-state index contributed by atoms with van der Waals surface area (Å²) in [5.41, 5.74) is 1.06. The number of halogens is 3. The number of aliphatic hydroxyl groups excluding tert-OH is 1. The van der Waals surface area contributed by atoms with E-state index in [0.29, 0.717) is 24.5 Å². The van der Waals surface area contributed by atoms with E-state index < -0.39 is 23.6 Å². The molecule has 31 heavy (non-hydrogen) atoms. The van der Waals surface area contributed by atoms with Crippen LogP contribution in [0.2, 0.25) is 0 Å². The van der Waals surface area contributed by atoms with Crippen molar-refractivity contribution in [3.05, 3.63) is 34.9 Å². The van der Waals surface area contributed by atoms with Crippen LogP contribution in [0.5, 0.6) is 5.75 Å². The summed E-state index contributed by atoms with van der Waals surface area (Å²) in [6, 6.07) is 2.78. The normalized spacial score (nSPS) is 24.6. The Bertz CT molecular complexity index is 1010. The molecule has 6 nitrogen and oxygen atoms in total. The van der Waals surface area contributed by atoms with Gasteiger partial charge in [-0.3, -0.25) is 0 Å². The molecule has 3 N–H and O–H groups in total. The Morgan fingerprint density at radius 1 is 1.10 bits per heavy atom. The fourth-order valence-electron chi connectivity index (χ4n) is 4.61. The molecule has 2 aliphatic carbocycles. The van der Waals surface area contributed by atoms with Crippen LogP contribution in [0, 0.1) is 0 Å². The number of alkyl halides is 3. The van der Waals surface area contributed by atoms with Gasteiger partial charge in [0.05, 0.1) is 29.9 Å². The van der Waals surface area contributed by atoms with E-state index in [1.807, 2.05) is 0 Å². The zero-order valence-electron chi connectivity index (χ0n) is 16.9. The monoisotopic (exact) mass is 435 g/mol. The molecule has 166 valence electrons. The van der Waals surface area contributed by atoms with Crippen molar-refractivity contribution in [2.75, 3.05) is 5.32 Å². The molecule has 0 radical (unpaired) electrons. The average Bonchev–Trinajstić information content (AvgIpc) is 3.48. The fourth-order valence-corrected chi connectivity index (χ4v) is 4.61. The van der Waals surface area contributed by atoms with Crippen molar-refractivity contribution >= 4 is 5.82 Å². The van der Waals surface area contributed by atoms with Gasteiger partial charge in [-0.05, 0) is 49.4 Å². The summed E-state index contributed by atoms with van der Waals surface area (Å²) in [6.07, 6.45) is 0.937. The largest absolute Gasteiger partial charge is 0.507 e. The fraction of sp³-hybridized carbons (Fsp3) is 0.545. The summed E-state index contributed by atoms with van der Waals surface area (Å²) < 4.78 is 45.1. The number of phenols is 1. The van der Waals surface area contributed by atoms with Crippen LogP contribution in [-0.2, 0) is 23.9 Å². The average molecular weight is 435 g/mol. The molecule has 1 aliphatic heterocycles. The molecule has 5 rings (SSSR count). The van der Waals surface area contributed by atoms with Gasteiger partial charge in [0.15, 0.2) is 5.82 Å². The molecule has 2 saturated carbocycles. The summed E-state index contributed by atoms with van der Waals surface area (Å²) in [5.74, 6) is 0.0534. The Balaban J connectivity index is 1.54. The second-order valence-corrected chi connectivity index (χ2v) is 8.84. The van der Waals surface area contributed by atoms with E-state index in [-0.39, 0.29) is 17.2 Å². The number of nitrogens with zero attached hydrogens (tertiary/aromatic N) is 2. The van der Waals surface area contributed by atoms with Gasteiger partial charge in [0, 0.05) is 17.5 Å². The molecular weight excluding hydrogens is 411 g/mol. The first kappa shape index (κ1) is 20.5. The van der Waals surface area contributed by atoms with Crippen LogP contribution in [0.15, 0.2) is 18.2 Å². The van der Waals surface area contributed by atoms with E-state index in [4.69, 9.17) is 4.74 Å². The van der Waals surface area contributed by atoms with E-state index in [1.54, 1.807) is 0 Å². The number of rotatable bonds is 3. The summed E-state index contributed by atoms with van der Waals surface area (Å²) in [4.78, 5) is 0. The van der Waals surface area contributed by atoms with Crippen molar-refractivity contribution in [1.29, 1.82) is 0 Å². The lowest BCUT2D eigenvalue weighted by molar-refractivity contribution is -0.137. The van der Waals surface area contributed by atoms with Crippen LogP contribution in [0.25, 0.3) is 11.3 Å². The maximum absolute atomic E-state index is 13.0. The Labute approximate surface area is 177 Å². The lowest BCUT2D eigenvalue weighted by Crippen LogP contribution is -2.37. The smallest absolute Gasteiger partial charge is 0.416 e. The molecular formula is C22H24F3N3O3. The number of phenolic OH excluding ortho intramolecular Hbond substituents is 1. The van der Waals surface area contributed by atoms with Crippen LogP contribution in [0.3, 0.4) is 0 Å². The topological polar surface area (TPSA) is 87.5 Å². The van der Waals surface area contributed by atoms with Crippen LogP contribution in [0.4, 0.5) is 19.0 Å². The van der Waals surface area contributed by atoms with Crippen LogP contribution in [-0.4, -0.2) is 38.2 Å². The Hall–Kier alpha value is -2.39. The zero-order chi connectivity index (χ0) is 21.8. The van der Waals surface area contributed by atoms with Gasteiger partial charge in [-0.1, -0.05) is 12.8 Å². The van der Waals surface area contributed by atoms with E-state index in [1.165, 1.54) is 6.07 Å². The maximum atomic E-state index is 13.0. The Kier molecular flexibility index (Phi) is 4.86. The van der Waals surface area contributed by atoms with E-state index >= 15 is 0 Å². The minimum atomic E-state index is -4.54. The van der Waals surface area contributed by atoms with Gasteiger partial charge in [0.1, 0.15) is 11.4 Å². The van der Waals surface area contributed by atoms with Crippen molar-refractivity contribution in [2.24, 2.45) is 0 Å². The third kappa shape index (κ3) is 3.85. The highest BCUT2D eigenvalue weighted by Gasteiger charge is 2.48. The number of fused-ring (bicyclic) bond motifs is 1. The van der Waals surface area contributed by atoms with Gasteiger partial charge in [0.25, 0.3) is 0 Å². The first-order valence-electron chi connectivity index (χ1n) is 10.6. The third-order valence-corrected chi connectivity index (χ3v) is 6.65. The van der Waals surface area contributed by atoms with Crippen molar-refractivity contribution in [1.82, 2.24) is 10.2 Å². The molecule has 2 fully saturated rings. The molecule has 2 aromatic rings. The third-order valence-electron chi connectivity index (χ3n) is 6.65. The number of hydrogen-bond acceptors (Lipinski definition) is 6. The Morgan fingerprint density at radius 2 is 1.87 bits per heavy atom. The predicted octanol–water partition coefficient (Wildman–Crippen LogP) is 4.19. The van der Waals surface area contributed by atoms with Gasteiger partial charge in [-0.2, -0.15) is 13.2 Å². The van der Waals surface area contributed by atoms with Gasteiger partial charge >= 0.3 is 6.18 Å². The molecule has 2 atom stereocenters. The molecule has 2 heterocycles. The number of anilines is 1. The van der Waals surface area contributed by atoms with E-state index in [9.17, 15) is 23.4 Å². The summed E-state index contributed by atoms with van der Waals surface area (Å²) in [6.45, 7) is 0.310. The van der Waals surface area contributed by atoms with Gasteiger partial charge in [-0.15, -0.1) is 10.2 Å². The lowest BCUT2D eigenvalue weighted by Gasteiger charge is -2.32. The minimum Gasteiger partial charge on any atom is -0.507 e. The maximum Gasteiger partial charge on any atom is 0.416 e. The molecule has 3 aliphatic rings. The highest BCUT2D eigenvalue weighted by Crippen LogP contribution is 2.49. The number of ether oxygens (including phenoxy) is 1. The molecule has 1 spiro atoms. The molecule has 0 bridgehead atoms. The van der Waals surface area contributed by atoms with E-state index in [0.717, 1.165) is 61.8 Å². The number of hydrogen-bond donors (Lipinski definition) is 3. The molecule has 0 saturated heterocycles. The van der Waals surface area contributed by atoms with Gasteiger partial charge in [0.2, 0.25) is 0 Å². The molecule has 1 unspecified atom stereocenters. The van der Waals surface area contributed by atoms with Crippen molar-refractivity contribution in [2.45, 2.75) is 75.5 Å². The minimum absolute atomic E-state index is 0.130. The van der Waals surface area contributed by atoms with Crippen LogP contribution < -0.4 is 5.32 Å².